The summed E-state index contributed by atoms with van der Waals surface area (Å²) in [5.74, 6) is -1.11. The van der Waals surface area contributed by atoms with E-state index in [4.69, 9.17) is 5.11 Å². The summed E-state index contributed by atoms with van der Waals surface area (Å²) in [6.45, 7) is 3.08. The molecule has 0 bridgehead atoms. The zero-order valence-corrected chi connectivity index (χ0v) is 11.7. The highest BCUT2D eigenvalue weighted by Gasteiger charge is 2.17. The number of sulfonamides is 1. The van der Waals surface area contributed by atoms with Crippen molar-refractivity contribution in [2.45, 2.75) is 19.1 Å². The van der Waals surface area contributed by atoms with E-state index >= 15 is 0 Å². The molecule has 17 heavy (non-hydrogen) atoms. The van der Waals surface area contributed by atoms with Gasteiger partial charge in [0.15, 0.2) is 0 Å². The van der Waals surface area contributed by atoms with Crippen molar-refractivity contribution in [1.29, 1.82) is 0 Å². The Kier molecular flexibility index (Phi) is 4.16. The van der Waals surface area contributed by atoms with Crippen molar-refractivity contribution in [3.63, 3.8) is 0 Å². The first-order valence-electron chi connectivity index (χ1n) is 4.78. The van der Waals surface area contributed by atoms with Crippen LogP contribution in [0.4, 0.5) is 5.69 Å². The fourth-order valence-corrected chi connectivity index (χ4v) is 2.20. The Balaban J connectivity index is 3.15. The maximum Gasteiger partial charge on any atom is 0.335 e. The highest BCUT2D eigenvalue weighted by molar-refractivity contribution is 9.10. The van der Waals surface area contributed by atoms with Crippen molar-refractivity contribution in [2.24, 2.45) is 0 Å². The van der Waals surface area contributed by atoms with Crippen LogP contribution in [0.15, 0.2) is 22.7 Å². The van der Waals surface area contributed by atoms with Gasteiger partial charge in [-0.05, 0) is 48.0 Å². The number of hydrogen-bond donors (Lipinski definition) is 2. The minimum atomic E-state index is -3.49. The van der Waals surface area contributed by atoms with Gasteiger partial charge in [0.2, 0.25) is 10.0 Å². The number of nitrogens with one attached hydrogen (secondary N) is 1. The number of rotatable bonds is 4. The Hall–Kier alpha value is -1.08. The fourth-order valence-electron chi connectivity index (χ4n) is 1.01. The molecule has 0 amide bonds. The Morgan fingerprint density at radius 3 is 2.47 bits per heavy atom. The van der Waals surface area contributed by atoms with E-state index in [0.717, 1.165) is 0 Å². The molecule has 7 heteroatoms. The second-order valence-electron chi connectivity index (χ2n) is 3.70. The van der Waals surface area contributed by atoms with E-state index in [-0.39, 0.29) is 11.3 Å². The van der Waals surface area contributed by atoms with Gasteiger partial charge in [-0.3, -0.25) is 4.72 Å². The molecule has 0 atom stereocenters. The second-order valence-corrected chi connectivity index (χ2v) is 6.79. The molecule has 0 aliphatic carbocycles. The number of benzene rings is 1. The SMILES string of the molecule is CC(C)S(=O)(=O)Nc1cc(C(=O)O)ccc1Br. The normalized spacial score (nSPS) is 11.5. The Bertz CT molecular complexity index is 539. The molecule has 0 radical (unpaired) electrons. The molecular weight excluding hydrogens is 310 g/mol. The summed E-state index contributed by atoms with van der Waals surface area (Å²) in [6.07, 6.45) is 0. The smallest absolute Gasteiger partial charge is 0.335 e. The molecule has 0 saturated heterocycles. The van der Waals surface area contributed by atoms with Crippen molar-refractivity contribution in [3.05, 3.63) is 28.2 Å². The zero-order valence-electron chi connectivity index (χ0n) is 9.27. The number of hydrogen-bond acceptors (Lipinski definition) is 3. The molecule has 1 rings (SSSR count). The lowest BCUT2D eigenvalue weighted by molar-refractivity contribution is 0.0697. The Morgan fingerprint density at radius 1 is 1.41 bits per heavy atom. The van der Waals surface area contributed by atoms with E-state index in [1.54, 1.807) is 0 Å². The molecule has 1 aromatic rings. The van der Waals surface area contributed by atoms with Gasteiger partial charge in [-0.2, -0.15) is 0 Å². The third-order valence-electron chi connectivity index (χ3n) is 2.09. The molecule has 0 fully saturated rings. The van der Waals surface area contributed by atoms with Crippen molar-refractivity contribution in [3.8, 4) is 0 Å². The summed E-state index contributed by atoms with van der Waals surface area (Å²) in [5.41, 5.74) is 0.244. The topological polar surface area (TPSA) is 83.5 Å². The average molecular weight is 322 g/mol. The highest BCUT2D eigenvalue weighted by atomic mass is 79.9. The van der Waals surface area contributed by atoms with Crippen LogP contribution in [0.25, 0.3) is 0 Å². The number of carboxylic acid groups (broad SMARTS) is 1. The molecule has 5 nitrogen and oxygen atoms in total. The summed E-state index contributed by atoms with van der Waals surface area (Å²) in [4.78, 5) is 10.8. The number of carboxylic acids is 1. The van der Waals surface area contributed by atoms with E-state index in [9.17, 15) is 13.2 Å². The van der Waals surface area contributed by atoms with E-state index in [0.29, 0.717) is 4.47 Å². The molecule has 0 unspecified atom stereocenters. The van der Waals surface area contributed by atoms with Gasteiger partial charge < -0.3 is 5.11 Å². The van der Waals surface area contributed by atoms with E-state index in [1.165, 1.54) is 32.0 Å². The van der Waals surface area contributed by atoms with Crippen molar-refractivity contribution >= 4 is 37.6 Å². The van der Waals surface area contributed by atoms with Crippen LogP contribution in [-0.4, -0.2) is 24.7 Å². The summed E-state index contributed by atoms with van der Waals surface area (Å²) < 4.78 is 26.1. The molecule has 2 N–H and O–H groups in total. The largest absolute Gasteiger partial charge is 0.478 e. The first-order valence-corrected chi connectivity index (χ1v) is 7.12. The first-order chi connectivity index (χ1) is 7.74. The van der Waals surface area contributed by atoms with Gasteiger partial charge in [0.25, 0.3) is 0 Å². The molecule has 1 aromatic carbocycles. The second kappa shape index (κ2) is 5.05. The summed E-state index contributed by atoms with van der Waals surface area (Å²) in [7, 11) is -3.49. The Morgan fingerprint density at radius 2 is 2.00 bits per heavy atom. The van der Waals surface area contributed by atoms with Crippen molar-refractivity contribution in [1.82, 2.24) is 0 Å². The van der Waals surface area contributed by atoms with Crippen LogP contribution in [-0.2, 0) is 10.0 Å². The summed E-state index contributed by atoms with van der Waals surface area (Å²) in [5, 5.41) is 8.22. The maximum absolute atomic E-state index is 11.7. The van der Waals surface area contributed by atoms with Crippen LogP contribution in [0, 0.1) is 0 Å². The van der Waals surface area contributed by atoms with E-state index < -0.39 is 21.2 Å². The number of anilines is 1. The molecule has 0 aromatic heterocycles. The van der Waals surface area contributed by atoms with Crippen LogP contribution in [0.5, 0.6) is 0 Å². The molecular formula is C10H12BrNO4S. The number of carbonyl (C=O) groups is 1. The predicted molar refractivity (Wildman–Crippen MR) is 68.8 cm³/mol. The lowest BCUT2D eigenvalue weighted by Crippen LogP contribution is -2.22. The van der Waals surface area contributed by atoms with Gasteiger partial charge in [0, 0.05) is 4.47 Å². The Labute approximate surface area is 108 Å². The average Bonchev–Trinajstić information content (AvgIpc) is 2.20. The molecule has 0 spiro atoms. The number of aromatic carboxylic acids is 1. The quantitative estimate of drug-likeness (QED) is 0.891. The van der Waals surface area contributed by atoms with Gasteiger partial charge in [-0.1, -0.05) is 0 Å². The highest BCUT2D eigenvalue weighted by Crippen LogP contribution is 2.25. The summed E-state index contributed by atoms with van der Waals surface area (Å²) in [6, 6.07) is 4.15. The van der Waals surface area contributed by atoms with Crippen LogP contribution in [0.2, 0.25) is 0 Å². The van der Waals surface area contributed by atoms with E-state index in [1.807, 2.05) is 0 Å². The van der Waals surface area contributed by atoms with Gasteiger partial charge in [0.1, 0.15) is 0 Å². The minimum absolute atomic E-state index is 0.0228. The van der Waals surface area contributed by atoms with Gasteiger partial charge in [-0.15, -0.1) is 0 Å². The lowest BCUT2D eigenvalue weighted by Gasteiger charge is -2.12. The van der Waals surface area contributed by atoms with Crippen molar-refractivity contribution < 1.29 is 18.3 Å². The van der Waals surface area contributed by atoms with Crippen LogP contribution < -0.4 is 4.72 Å². The molecule has 0 aliphatic rings. The van der Waals surface area contributed by atoms with Crippen LogP contribution in [0.3, 0.4) is 0 Å². The van der Waals surface area contributed by atoms with Crippen LogP contribution >= 0.6 is 15.9 Å². The zero-order chi connectivity index (χ0) is 13.2. The third-order valence-corrected chi connectivity index (χ3v) is 4.52. The molecule has 0 heterocycles. The standard InChI is InChI=1S/C10H12BrNO4S/c1-6(2)17(15,16)12-9-5-7(10(13)14)3-4-8(9)11/h3-6,12H,1-2H3,(H,13,14). The van der Waals surface area contributed by atoms with Crippen LogP contribution in [0.1, 0.15) is 24.2 Å². The van der Waals surface area contributed by atoms with Gasteiger partial charge in [-0.25, -0.2) is 13.2 Å². The van der Waals surface area contributed by atoms with Gasteiger partial charge >= 0.3 is 5.97 Å². The molecule has 94 valence electrons. The fraction of sp³-hybridized carbons (Fsp3) is 0.300. The predicted octanol–water partition coefficient (Wildman–Crippen LogP) is 2.30. The lowest BCUT2D eigenvalue weighted by atomic mass is 10.2. The van der Waals surface area contributed by atoms with Gasteiger partial charge in [0.05, 0.1) is 16.5 Å². The summed E-state index contributed by atoms with van der Waals surface area (Å²) >= 11 is 3.16. The maximum atomic E-state index is 11.7. The molecule has 0 aliphatic heterocycles. The van der Waals surface area contributed by atoms with Crippen molar-refractivity contribution in [2.75, 3.05) is 4.72 Å². The minimum Gasteiger partial charge on any atom is -0.478 e. The third kappa shape index (κ3) is 3.44. The monoisotopic (exact) mass is 321 g/mol. The number of halogens is 1. The first kappa shape index (κ1) is 14.0. The molecule has 0 saturated carbocycles. The van der Waals surface area contributed by atoms with E-state index in [2.05, 4.69) is 20.7 Å².